The molecule has 0 unspecified atom stereocenters. The minimum absolute atomic E-state index is 0.961. The lowest BCUT2D eigenvalue weighted by molar-refractivity contribution is -0.392. The molecular formula is C42H72N2O33. The number of aliphatic hydroxyl groups excluding tert-OH is 19. The Morgan fingerprint density at radius 1 is 0.195 bits per heavy atom. The fourth-order valence-electron chi connectivity index (χ4n) is 10.5. The number of nitrogens with two attached hydrogens (primary N) is 2. The maximum Gasteiger partial charge on any atom is 0.187 e. The Bertz CT molecular complexity index is 1480. The average molecular weight is 1130 g/mol. The monoisotopic (exact) mass is 1130 g/mol. The molecule has 21 aliphatic rings. The molecule has 0 aliphatic carbocycles. The summed E-state index contributed by atoms with van der Waals surface area (Å²) in [5.74, 6) is 0. The highest BCUT2D eigenvalue weighted by Crippen LogP contribution is 2.38. The van der Waals surface area contributed by atoms with Gasteiger partial charge in [0.1, 0.15) is 159 Å². The van der Waals surface area contributed by atoms with E-state index >= 15 is 0 Å². The van der Waals surface area contributed by atoms with Gasteiger partial charge < -0.3 is 175 Å². The van der Waals surface area contributed by atoms with E-state index in [2.05, 4.69) is 0 Å². The van der Waals surface area contributed by atoms with Gasteiger partial charge in [0.15, 0.2) is 44.0 Å². The second kappa shape index (κ2) is 26.0. The number of rotatable bonds is 7. The molecule has 21 heterocycles. The van der Waals surface area contributed by atoms with Gasteiger partial charge in [0, 0.05) is 0 Å². The van der Waals surface area contributed by atoms with E-state index in [1.807, 2.05) is 0 Å². The van der Waals surface area contributed by atoms with Crippen LogP contribution >= 0.6 is 0 Å². The van der Waals surface area contributed by atoms with E-state index in [0.717, 1.165) is 0 Å². The van der Waals surface area contributed by atoms with Crippen LogP contribution in [-0.2, 0) is 66.3 Å². The number of hydrogen-bond donors (Lipinski definition) is 21. The molecule has 21 aliphatic heterocycles. The van der Waals surface area contributed by atoms with Crippen molar-refractivity contribution in [1.29, 1.82) is 0 Å². The molecule has 0 aromatic carbocycles. The number of hydrogen-bond acceptors (Lipinski definition) is 35. The molecule has 0 aromatic rings. The fourth-order valence-corrected chi connectivity index (χ4v) is 10.5. The van der Waals surface area contributed by atoms with E-state index in [4.69, 9.17) is 77.8 Å². The molecule has 0 radical (unpaired) electrons. The van der Waals surface area contributed by atoms with Gasteiger partial charge in [-0.2, -0.15) is 0 Å². The van der Waals surface area contributed by atoms with Crippen LogP contribution in [0.25, 0.3) is 0 Å². The summed E-state index contributed by atoms with van der Waals surface area (Å²) in [5.41, 5.74) is 12.7. The Morgan fingerprint density at radius 3 is 0.506 bits per heavy atom. The first-order valence-corrected chi connectivity index (χ1v) is 24.8. The van der Waals surface area contributed by atoms with Crippen LogP contribution in [0, 0.1) is 0 Å². The zero-order valence-electron chi connectivity index (χ0n) is 40.5. The summed E-state index contributed by atoms with van der Waals surface area (Å²) in [5, 5.41) is 209. The maximum atomic E-state index is 11.4. The summed E-state index contributed by atoms with van der Waals surface area (Å²) in [6.07, 6.45) is -63.2. The van der Waals surface area contributed by atoms with Crippen LogP contribution in [0.5, 0.6) is 0 Å². The minimum Gasteiger partial charge on any atom is -0.394 e. The van der Waals surface area contributed by atoms with Crippen molar-refractivity contribution in [2.24, 2.45) is 11.5 Å². The van der Waals surface area contributed by atoms with Crippen LogP contribution < -0.4 is 11.5 Å². The Morgan fingerprint density at radius 2 is 0.338 bits per heavy atom. The Kier molecular flexibility index (Phi) is 20.8. The predicted octanol–water partition coefficient (Wildman–Crippen LogP) is -15.3. The Hall–Kier alpha value is -1.40. The molecular weight excluding hydrogens is 1060 g/mol. The van der Waals surface area contributed by atoms with Crippen LogP contribution in [0.3, 0.4) is 0 Å². The second-order valence-corrected chi connectivity index (χ2v) is 19.8. The van der Waals surface area contributed by atoms with E-state index in [0.29, 0.717) is 0 Å². The highest BCUT2D eigenvalue weighted by atomic mass is 16.8. The van der Waals surface area contributed by atoms with Crippen molar-refractivity contribution in [3.63, 3.8) is 0 Å². The average Bonchev–Trinajstić information content (AvgIpc) is 3.45. The van der Waals surface area contributed by atoms with Gasteiger partial charge in [-0.3, -0.25) is 0 Å². The van der Waals surface area contributed by atoms with Gasteiger partial charge >= 0.3 is 0 Å². The summed E-state index contributed by atoms with van der Waals surface area (Å²) < 4.78 is 80.4. The molecule has 0 amide bonds. The van der Waals surface area contributed by atoms with Crippen molar-refractivity contribution >= 4 is 0 Å². The molecule has 14 bridgehead atoms. The smallest absolute Gasteiger partial charge is 0.187 e. The molecule has 0 aromatic heterocycles. The molecule has 21 saturated heterocycles. The first kappa shape index (κ1) is 61.7. The highest BCUT2D eigenvalue weighted by molar-refractivity contribution is 5.02. The summed E-state index contributed by atoms with van der Waals surface area (Å²) in [7, 11) is 0. The lowest BCUT2D eigenvalue weighted by atomic mass is 9.94. The van der Waals surface area contributed by atoms with E-state index < -0.39 is 261 Å². The van der Waals surface area contributed by atoms with Gasteiger partial charge in [-0.05, 0) is 0 Å². The van der Waals surface area contributed by atoms with Crippen LogP contribution in [0.1, 0.15) is 0 Å². The van der Waals surface area contributed by atoms with Crippen LogP contribution in [-0.4, -0.2) is 358 Å². The largest absolute Gasteiger partial charge is 0.394 e. The Balaban J connectivity index is 1.08. The molecule has 21 fully saturated rings. The molecule has 21 rings (SSSR count). The first-order valence-electron chi connectivity index (χ1n) is 24.8. The van der Waals surface area contributed by atoms with Gasteiger partial charge in [0.25, 0.3) is 0 Å². The van der Waals surface area contributed by atoms with Crippen LogP contribution in [0.4, 0.5) is 0 Å². The van der Waals surface area contributed by atoms with Crippen molar-refractivity contribution < 1.29 is 163 Å². The van der Waals surface area contributed by atoms with E-state index in [-0.39, 0.29) is 0 Å². The quantitative estimate of drug-likeness (QED) is 0.113. The van der Waals surface area contributed by atoms with Crippen LogP contribution in [0.2, 0.25) is 0 Å². The normalized spacial score (nSPS) is 55.4. The van der Waals surface area contributed by atoms with Crippen LogP contribution in [0.15, 0.2) is 0 Å². The topological polar surface area (TPSA) is 566 Å². The SMILES string of the molecule is N[C@H]1[C@@H](O)[C@H]2O[C@H]3[C@H](O)[C@@H](O)[C@@H](O[C@H]4[C@H](O)[C@@H](O)[C@@H](O[C@H]5[C@H](O)[C@@H](O)[C@@H](O[C@H]6[C@@H](N)[C@@H](O)[C@@H](O[C@H]7[C@H](O)[C@@H](O)[C@@H](O[C@H]8[C@H](O)[C@@H](O)[C@@H](O[C@@H]1[C@@H](CO)O2)O[C@@H]8CO)O[C@@H]7CO)O[C@@H]6CO)O[C@@H]5CO)O[C@@H]4CO)O[C@@H]3CO. The molecule has 77 heavy (non-hydrogen) atoms. The van der Waals surface area contributed by atoms with E-state index in [1.165, 1.54) is 0 Å². The zero-order chi connectivity index (χ0) is 56.1. The molecule has 448 valence electrons. The maximum absolute atomic E-state index is 11.4. The lowest BCUT2D eigenvalue weighted by Gasteiger charge is -2.50. The molecule has 0 spiro atoms. The third kappa shape index (κ3) is 12.1. The molecule has 35 heteroatoms. The fraction of sp³-hybridized carbons (Fsp3) is 1.00. The van der Waals surface area contributed by atoms with Crippen molar-refractivity contribution in [3.8, 4) is 0 Å². The zero-order valence-corrected chi connectivity index (χ0v) is 40.5. The molecule has 35 nitrogen and oxygen atoms in total. The van der Waals surface area contributed by atoms with Crippen molar-refractivity contribution in [2.45, 2.75) is 215 Å². The standard InChI is InChI=1S/C42H72N2O33/c43-15-17(52)36-64-9(2-46)30(15)72-39-25(60)20(55)34(13(6-50)67-39)76-42-28(63)23(58)35(14(7-51)70-42)77-41-27(62)22(57)32(11(4-48)69-41)74-37-18(53)16(44)29(8(1-45)65-37)71-38-24(59)19(54)33(12(5-49)66-38)75-40-26(61)21(56)31(73-36)10(3-47)68-40/h8-42,45-63H,1-7,43-44H2/t8-,9-,10-,11-,12-,13-,14-,15+,16+,17-,18-,19-,20-,21-,22-,23-,24-,25-,26-,27-,28-,29-,30-,31-,32-,33-,34-,35-,36-,37-,38-,39-,40-,41-,42-/m1/s1. The van der Waals surface area contributed by atoms with Gasteiger partial charge in [0.05, 0.1) is 58.3 Å². The summed E-state index contributed by atoms with van der Waals surface area (Å²) in [6.45, 7) is -6.97. The van der Waals surface area contributed by atoms with Crippen molar-refractivity contribution in [3.05, 3.63) is 0 Å². The summed E-state index contributed by atoms with van der Waals surface area (Å²) in [4.78, 5) is 0. The molecule has 0 saturated carbocycles. The van der Waals surface area contributed by atoms with Gasteiger partial charge in [-0.15, -0.1) is 0 Å². The lowest BCUT2D eigenvalue weighted by Crippen LogP contribution is -2.69. The second-order valence-electron chi connectivity index (χ2n) is 19.8. The van der Waals surface area contributed by atoms with Gasteiger partial charge in [0.2, 0.25) is 0 Å². The first-order chi connectivity index (χ1) is 36.7. The van der Waals surface area contributed by atoms with Crippen molar-refractivity contribution in [2.75, 3.05) is 46.2 Å². The Labute approximate surface area is 435 Å². The molecule has 23 N–H and O–H groups in total. The minimum atomic E-state index is -2.18. The third-order valence-electron chi connectivity index (χ3n) is 15.0. The van der Waals surface area contributed by atoms with Gasteiger partial charge in [-0.25, -0.2) is 0 Å². The van der Waals surface area contributed by atoms with E-state index in [9.17, 15) is 97.0 Å². The number of ether oxygens (including phenoxy) is 14. The van der Waals surface area contributed by atoms with Crippen molar-refractivity contribution in [1.82, 2.24) is 0 Å². The third-order valence-corrected chi connectivity index (χ3v) is 15.0. The summed E-state index contributed by atoms with van der Waals surface area (Å²) >= 11 is 0. The predicted molar refractivity (Wildman–Crippen MR) is 232 cm³/mol. The number of aliphatic hydroxyl groups is 19. The van der Waals surface area contributed by atoms with E-state index in [1.54, 1.807) is 0 Å². The summed E-state index contributed by atoms with van der Waals surface area (Å²) in [6, 6.07) is -3.32. The van der Waals surface area contributed by atoms with Gasteiger partial charge in [-0.1, -0.05) is 0 Å². The highest BCUT2D eigenvalue weighted by Gasteiger charge is 2.59. The molecule has 35 atom stereocenters.